The standard InChI is InChI=1S/C19H20N8O2/c1-2-20-18(28)12-3-4-15-17(24-12)27(11-5-6-26(15)9-11)19(29)25-16-7-13-14(8-21-16)23-10-22-13/h3-4,7-8,10-11H,2,5-6,9H2,1H3,(H,20,28)(H,22,23)(H,21,25,29). The van der Waals surface area contributed by atoms with Crippen molar-refractivity contribution in [2.75, 3.05) is 34.8 Å². The first kappa shape index (κ1) is 17.4. The third-order valence-electron chi connectivity index (χ3n) is 5.28. The fraction of sp³-hybridized carbons (Fsp3) is 0.316. The molecule has 3 amide bonds. The lowest BCUT2D eigenvalue weighted by Crippen LogP contribution is -2.48. The summed E-state index contributed by atoms with van der Waals surface area (Å²) in [5.41, 5.74) is 2.67. The Morgan fingerprint density at radius 1 is 1.31 bits per heavy atom. The fourth-order valence-corrected chi connectivity index (χ4v) is 3.92. The number of carbonyl (C=O) groups excluding carboxylic acids is 2. The zero-order valence-corrected chi connectivity index (χ0v) is 15.8. The van der Waals surface area contributed by atoms with Gasteiger partial charge < -0.3 is 15.2 Å². The molecule has 0 saturated carbocycles. The van der Waals surface area contributed by atoms with E-state index >= 15 is 0 Å². The second-order valence-electron chi connectivity index (χ2n) is 7.08. The van der Waals surface area contributed by atoms with Crippen LogP contribution >= 0.6 is 0 Å². The summed E-state index contributed by atoms with van der Waals surface area (Å²) in [6.45, 7) is 3.96. The van der Waals surface area contributed by atoms with Gasteiger partial charge in [0.1, 0.15) is 11.5 Å². The lowest BCUT2D eigenvalue weighted by Gasteiger charge is -2.35. The van der Waals surface area contributed by atoms with Crippen molar-refractivity contribution in [2.45, 2.75) is 19.4 Å². The van der Waals surface area contributed by atoms with Crippen molar-refractivity contribution in [2.24, 2.45) is 0 Å². The van der Waals surface area contributed by atoms with Gasteiger partial charge in [-0.25, -0.2) is 19.7 Å². The first-order valence-electron chi connectivity index (χ1n) is 9.57. The van der Waals surface area contributed by atoms with E-state index in [9.17, 15) is 9.59 Å². The number of aromatic amines is 1. The van der Waals surface area contributed by atoms with E-state index in [2.05, 4.69) is 35.5 Å². The number of nitrogens with zero attached hydrogens (tertiary/aromatic N) is 5. The molecule has 1 saturated heterocycles. The average molecular weight is 392 g/mol. The Bertz CT molecular complexity index is 1110. The minimum atomic E-state index is -0.319. The van der Waals surface area contributed by atoms with Crippen molar-refractivity contribution in [3.8, 4) is 0 Å². The van der Waals surface area contributed by atoms with Crippen LogP contribution in [0.1, 0.15) is 23.8 Å². The van der Waals surface area contributed by atoms with Crippen LogP contribution in [-0.4, -0.2) is 57.6 Å². The first-order valence-corrected chi connectivity index (χ1v) is 9.57. The molecule has 1 fully saturated rings. The zero-order chi connectivity index (χ0) is 20.0. The number of aromatic nitrogens is 4. The van der Waals surface area contributed by atoms with Crippen LogP contribution in [0.25, 0.3) is 11.0 Å². The minimum Gasteiger partial charge on any atom is -0.366 e. The monoisotopic (exact) mass is 392 g/mol. The van der Waals surface area contributed by atoms with E-state index in [0.29, 0.717) is 23.9 Å². The number of fused-ring (bicyclic) bond motifs is 5. The molecule has 5 rings (SSSR count). The Morgan fingerprint density at radius 2 is 2.21 bits per heavy atom. The number of amides is 3. The van der Waals surface area contributed by atoms with Gasteiger partial charge in [0.05, 0.1) is 35.3 Å². The summed E-state index contributed by atoms with van der Waals surface area (Å²) in [5.74, 6) is 0.659. The number of imidazole rings is 1. The Hall–Kier alpha value is -3.69. The molecule has 5 heterocycles. The lowest BCUT2D eigenvalue weighted by atomic mass is 10.1. The average Bonchev–Trinajstić information content (AvgIpc) is 3.35. The number of carbonyl (C=O) groups is 2. The largest absolute Gasteiger partial charge is 0.366 e. The molecule has 29 heavy (non-hydrogen) atoms. The van der Waals surface area contributed by atoms with Gasteiger partial charge in [-0.1, -0.05) is 0 Å². The second kappa shape index (κ2) is 6.73. The van der Waals surface area contributed by atoms with Crippen molar-refractivity contribution in [1.29, 1.82) is 0 Å². The molecule has 148 valence electrons. The summed E-state index contributed by atoms with van der Waals surface area (Å²) < 4.78 is 0. The van der Waals surface area contributed by atoms with Crippen molar-refractivity contribution in [3.05, 3.63) is 36.4 Å². The van der Waals surface area contributed by atoms with Crippen molar-refractivity contribution in [3.63, 3.8) is 0 Å². The molecule has 3 aromatic rings. The maximum atomic E-state index is 13.2. The highest BCUT2D eigenvalue weighted by atomic mass is 16.2. The number of rotatable bonds is 3. The summed E-state index contributed by atoms with van der Waals surface area (Å²) in [7, 11) is 0. The maximum absolute atomic E-state index is 13.2. The van der Waals surface area contributed by atoms with Gasteiger partial charge >= 0.3 is 6.03 Å². The van der Waals surface area contributed by atoms with E-state index in [1.807, 2.05) is 13.0 Å². The van der Waals surface area contributed by atoms with Crippen LogP contribution in [0.2, 0.25) is 0 Å². The van der Waals surface area contributed by atoms with Crippen LogP contribution in [0.4, 0.5) is 22.1 Å². The SMILES string of the molecule is CCNC(=O)c1ccc2c(n1)N(C(=O)Nc1cc3nc[nH]c3cn1)C1CCN2C1. The Kier molecular flexibility index (Phi) is 4.04. The number of H-pyrrole nitrogens is 1. The summed E-state index contributed by atoms with van der Waals surface area (Å²) in [6.07, 6.45) is 4.05. The third kappa shape index (κ3) is 2.93. The van der Waals surface area contributed by atoms with Crippen LogP contribution < -0.4 is 20.4 Å². The van der Waals surface area contributed by atoms with Crippen molar-refractivity contribution >= 4 is 40.3 Å². The molecule has 0 radical (unpaired) electrons. The molecule has 2 aliphatic rings. The van der Waals surface area contributed by atoms with Gasteiger partial charge in [0, 0.05) is 25.7 Å². The summed E-state index contributed by atoms with van der Waals surface area (Å²) in [4.78, 5) is 45.3. The fourth-order valence-electron chi connectivity index (χ4n) is 3.92. The van der Waals surface area contributed by atoms with Gasteiger partial charge in [0.25, 0.3) is 5.91 Å². The van der Waals surface area contributed by atoms with Crippen molar-refractivity contribution < 1.29 is 9.59 Å². The number of hydrogen-bond donors (Lipinski definition) is 3. The van der Waals surface area contributed by atoms with Gasteiger partial charge in [0.2, 0.25) is 0 Å². The number of anilines is 3. The molecular weight excluding hydrogens is 372 g/mol. The molecule has 0 aromatic carbocycles. The van der Waals surface area contributed by atoms with Gasteiger partial charge in [-0.15, -0.1) is 0 Å². The van der Waals surface area contributed by atoms with Crippen LogP contribution in [0.3, 0.4) is 0 Å². The van der Waals surface area contributed by atoms with Gasteiger partial charge in [0.15, 0.2) is 5.82 Å². The maximum Gasteiger partial charge on any atom is 0.329 e. The van der Waals surface area contributed by atoms with Gasteiger partial charge in [-0.05, 0) is 25.5 Å². The van der Waals surface area contributed by atoms with Crippen LogP contribution in [-0.2, 0) is 0 Å². The summed E-state index contributed by atoms with van der Waals surface area (Å²) in [5, 5.41) is 5.61. The van der Waals surface area contributed by atoms with Crippen molar-refractivity contribution in [1.82, 2.24) is 25.3 Å². The number of urea groups is 1. The van der Waals surface area contributed by atoms with Crippen LogP contribution in [0.15, 0.2) is 30.7 Å². The van der Waals surface area contributed by atoms with Crippen LogP contribution in [0.5, 0.6) is 0 Å². The lowest BCUT2D eigenvalue weighted by molar-refractivity contribution is 0.0951. The molecule has 3 aromatic heterocycles. The second-order valence-corrected chi connectivity index (χ2v) is 7.08. The highest BCUT2D eigenvalue weighted by molar-refractivity contribution is 6.05. The van der Waals surface area contributed by atoms with E-state index in [0.717, 1.165) is 36.2 Å². The summed E-state index contributed by atoms with van der Waals surface area (Å²) in [6, 6.07) is 4.96. The molecule has 10 heteroatoms. The van der Waals surface area contributed by atoms with E-state index < -0.39 is 0 Å². The zero-order valence-electron chi connectivity index (χ0n) is 15.8. The van der Waals surface area contributed by atoms with E-state index in [4.69, 9.17) is 0 Å². The highest BCUT2D eigenvalue weighted by Gasteiger charge is 2.40. The number of nitrogens with one attached hydrogen (secondary N) is 3. The topological polar surface area (TPSA) is 119 Å². The minimum absolute atomic E-state index is 0.00592. The number of pyridine rings is 2. The van der Waals surface area contributed by atoms with E-state index in [1.165, 1.54) is 0 Å². The molecule has 2 aliphatic heterocycles. The summed E-state index contributed by atoms with van der Waals surface area (Å²) >= 11 is 0. The Morgan fingerprint density at radius 3 is 3.07 bits per heavy atom. The molecule has 3 N–H and O–H groups in total. The highest BCUT2D eigenvalue weighted by Crippen LogP contribution is 2.39. The first-order chi connectivity index (χ1) is 14.1. The molecule has 0 aliphatic carbocycles. The molecule has 0 spiro atoms. The third-order valence-corrected chi connectivity index (χ3v) is 5.28. The Labute approximate surface area is 166 Å². The molecule has 1 atom stereocenters. The normalized spacial score (nSPS) is 17.3. The predicted octanol–water partition coefficient (Wildman–Crippen LogP) is 1.73. The number of hydrogen-bond acceptors (Lipinski definition) is 6. The molecule has 1 unspecified atom stereocenters. The van der Waals surface area contributed by atoms with E-state index in [-0.39, 0.29) is 18.0 Å². The molecule has 10 nitrogen and oxygen atoms in total. The predicted molar refractivity (Wildman–Crippen MR) is 108 cm³/mol. The van der Waals surface area contributed by atoms with Gasteiger partial charge in [-0.2, -0.15) is 0 Å². The van der Waals surface area contributed by atoms with Crippen LogP contribution in [0, 0.1) is 0 Å². The van der Waals surface area contributed by atoms with Gasteiger partial charge in [-0.3, -0.25) is 15.0 Å². The smallest absolute Gasteiger partial charge is 0.329 e. The Balaban J connectivity index is 1.48. The van der Waals surface area contributed by atoms with E-state index in [1.54, 1.807) is 29.6 Å². The quantitative estimate of drug-likeness (QED) is 0.625. The molecular formula is C19H20N8O2. The molecule has 2 bridgehead atoms.